The van der Waals surface area contributed by atoms with Crippen molar-refractivity contribution in [2.75, 3.05) is 12.3 Å². The summed E-state index contributed by atoms with van der Waals surface area (Å²) >= 11 is 0. The highest BCUT2D eigenvalue weighted by molar-refractivity contribution is 7.89. The molecule has 0 aliphatic rings. The number of carboxylic acids is 1. The summed E-state index contributed by atoms with van der Waals surface area (Å²) in [6, 6.07) is 0. The van der Waals surface area contributed by atoms with Crippen LogP contribution in [-0.2, 0) is 14.8 Å². The van der Waals surface area contributed by atoms with Gasteiger partial charge in [-0.05, 0) is 12.3 Å². The van der Waals surface area contributed by atoms with E-state index >= 15 is 0 Å². The van der Waals surface area contributed by atoms with Gasteiger partial charge in [0.15, 0.2) is 0 Å². The Hall–Kier alpha value is -0.660. The molecule has 0 aromatic rings. The summed E-state index contributed by atoms with van der Waals surface area (Å²) in [6.45, 7) is 6.31. The first-order valence-corrected chi connectivity index (χ1v) is 6.90. The van der Waals surface area contributed by atoms with Gasteiger partial charge in [-0.15, -0.1) is 0 Å². The highest BCUT2D eigenvalue weighted by Gasteiger charge is 2.28. The number of sulfonamides is 1. The molecule has 0 heterocycles. The van der Waals surface area contributed by atoms with Gasteiger partial charge in [-0.1, -0.05) is 20.8 Å². The molecular formula is C10H21NO5S. The van der Waals surface area contributed by atoms with E-state index < -0.39 is 33.4 Å². The van der Waals surface area contributed by atoms with Gasteiger partial charge in [0.1, 0.15) is 0 Å². The summed E-state index contributed by atoms with van der Waals surface area (Å²) < 4.78 is 25.4. The van der Waals surface area contributed by atoms with Crippen LogP contribution >= 0.6 is 0 Å². The Labute approximate surface area is 102 Å². The molecule has 0 radical (unpaired) electrons. The van der Waals surface area contributed by atoms with E-state index in [0.717, 1.165) is 0 Å². The van der Waals surface area contributed by atoms with Crippen molar-refractivity contribution in [3.63, 3.8) is 0 Å². The zero-order valence-electron chi connectivity index (χ0n) is 10.6. The first kappa shape index (κ1) is 16.3. The van der Waals surface area contributed by atoms with E-state index in [9.17, 15) is 18.3 Å². The van der Waals surface area contributed by atoms with Crippen molar-refractivity contribution in [1.29, 1.82) is 0 Å². The molecule has 0 spiro atoms. The molecule has 0 amide bonds. The molecule has 1 atom stereocenters. The van der Waals surface area contributed by atoms with Crippen LogP contribution in [0.25, 0.3) is 0 Å². The smallest absolute Gasteiger partial charge is 0.306 e. The van der Waals surface area contributed by atoms with Gasteiger partial charge in [-0.3, -0.25) is 4.79 Å². The van der Waals surface area contributed by atoms with Gasteiger partial charge in [-0.25, -0.2) is 13.1 Å². The number of hydrogen-bond donors (Lipinski definition) is 3. The molecule has 0 aliphatic heterocycles. The van der Waals surface area contributed by atoms with E-state index in [2.05, 4.69) is 4.72 Å². The van der Waals surface area contributed by atoms with Crippen LogP contribution in [0.15, 0.2) is 0 Å². The maximum atomic E-state index is 11.6. The van der Waals surface area contributed by atoms with Crippen molar-refractivity contribution in [1.82, 2.24) is 4.72 Å². The van der Waals surface area contributed by atoms with Crippen molar-refractivity contribution in [2.45, 2.75) is 39.7 Å². The van der Waals surface area contributed by atoms with Gasteiger partial charge in [0, 0.05) is 6.54 Å². The zero-order valence-corrected chi connectivity index (χ0v) is 11.5. The number of aliphatic carboxylic acids is 1. The number of rotatable bonds is 6. The molecule has 0 rings (SSSR count). The Bertz CT molecular complexity index is 367. The normalized spacial score (nSPS) is 16.5. The topological polar surface area (TPSA) is 104 Å². The standard InChI is InChI=1S/C10H21NO5S/c1-9(2,3)7-17(15,16)11-6-10(4,14)5-8(12)13/h11,14H,5-7H2,1-4H3,(H,12,13). The number of carbonyl (C=O) groups is 1. The minimum Gasteiger partial charge on any atom is -0.481 e. The summed E-state index contributed by atoms with van der Waals surface area (Å²) in [5.74, 6) is -1.26. The highest BCUT2D eigenvalue weighted by atomic mass is 32.2. The lowest BCUT2D eigenvalue weighted by atomic mass is 10.0. The van der Waals surface area contributed by atoms with Crippen LogP contribution in [-0.4, -0.2) is 42.5 Å². The molecule has 0 saturated heterocycles. The molecule has 102 valence electrons. The average molecular weight is 267 g/mol. The number of carboxylic acid groups (broad SMARTS) is 1. The fourth-order valence-electron chi connectivity index (χ4n) is 1.27. The third kappa shape index (κ3) is 9.08. The van der Waals surface area contributed by atoms with E-state index in [1.165, 1.54) is 6.92 Å². The Balaban J connectivity index is 4.42. The average Bonchev–Trinajstić information content (AvgIpc) is 1.94. The van der Waals surface area contributed by atoms with Crippen molar-refractivity contribution in [3.8, 4) is 0 Å². The van der Waals surface area contributed by atoms with Gasteiger partial charge in [0.25, 0.3) is 0 Å². The van der Waals surface area contributed by atoms with Crippen LogP contribution in [0.2, 0.25) is 0 Å². The summed E-state index contributed by atoms with van der Waals surface area (Å²) in [4.78, 5) is 10.4. The zero-order chi connectivity index (χ0) is 13.9. The predicted octanol–water partition coefficient (Wildman–Crippen LogP) is 0.178. The second-order valence-corrected chi connectivity index (χ2v) is 7.52. The lowest BCUT2D eigenvalue weighted by molar-refractivity contribution is -0.141. The third-order valence-corrected chi connectivity index (χ3v) is 3.66. The molecular weight excluding hydrogens is 246 g/mol. The van der Waals surface area contributed by atoms with Gasteiger partial charge in [0.05, 0.1) is 17.8 Å². The van der Waals surface area contributed by atoms with Crippen molar-refractivity contribution >= 4 is 16.0 Å². The second-order valence-electron chi connectivity index (χ2n) is 5.71. The molecule has 0 saturated carbocycles. The van der Waals surface area contributed by atoms with Gasteiger partial charge >= 0.3 is 5.97 Å². The molecule has 0 aromatic carbocycles. The van der Waals surface area contributed by atoms with E-state index in [0.29, 0.717) is 0 Å². The van der Waals surface area contributed by atoms with Crippen molar-refractivity contribution in [3.05, 3.63) is 0 Å². The fraction of sp³-hybridized carbons (Fsp3) is 0.900. The quantitative estimate of drug-likeness (QED) is 0.637. The van der Waals surface area contributed by atoms with Crippen LogP contribution in [0.5, 0.6) is 0 Å². The maximum Gasteiger partial charge on any atom is 0.306 e. The Morgan fingerprint density at radius 2 is 1.71 bits per heavy atom. The first-order chi connectivity index (χ1) is 7.33. The third-order valence-electron chi connectivity index (χ3n) is 1.83. The number of aliphatic hydroxyl groups is 1. The number of hydrogen-bond acceptors (Lipinski definition) is 4. The Morgan fingerprint density at radius 3 is 2.06 bits per heavy atom. The molecule has 6 nitrogen and oxygen atoms in total. The van der Waals surface area contributed by atoms with Gasteiger partial charge in [0.2, 0.25) is 10.0 Å². The summed E-state index contributed by atoms with van der Waals surface area (Å²) in [7, 11) is -3.51. The molecule has 17 heavy (non-hydrogen) atoms. The minimum atomic E-state index is -3.51. The largest absolute Gasteiger partial charge is 0.481 e. The fourth-order valence-corrected chi connectivity index (χ4v) is 3.05. The molecule has 0 bridgehead atoms. The SMILES string of the molecule is CC(C)(C)CS(=O)(=O)NCC(C)(O)CC(=O)O. The highest BCUT2D eigenvalue weighted by Crippen LogP contribution is 2.16. The predicted molar refractivity (Wildman–Crippen MR) is 64.1 cm³/mol. The monoisotopic (exact) mass is 267 g/mol. The molecule has 1 unspecified atom stereocenters. The van der Waals surface area contributed by atoms with Gasteiger partial charge in [-0.2, -0.15) is 0 Å². The molecule has 0 fully saturated rings. The van der Waals surface area contributed by atoms with E-state index in [1.807, 2.05) is 0 Å². The van der Waals surface area contributed by atoms with Crippen LogP contribution in [0.4, 0.5) is 0 Å². The van der Waals surface area contributed by atoms with E-state index in [-0.39, 0.29) is 12.3 Å². The maximum absolute atomic E-state index is 11.6. The van der Waals surface area contributed by atoms with E-state index in [4.69, 9.17) is 5.11 Å². The number of nitrogens with one attached hydrogen (secondary N) is 1. The minimum absolute atomic E-state index is 0.0802. The molecule has 0 aromatic heterocycles. The summed E-state index contributed by atoms with van der Waals surface area (Å²) in [5, 5.41) is 18.2. The lowest BCUT2D eigenvalue weighted by Crippen LogP contribution is -2.44. The summed E-state index contributed by atoms with van der Waals surface area (Å²) in [6.07, 6.45) is -0.509. The molecule has 0 aliphatic carbocycles. The van der Waals surface area contributed by atoms with E-state index in [1.54, 1.807) is 20.8 Å². The molecule has 3 N–H and O–H groups in total. The van der Waals surface area contributed by atoms with Crippen LogP contribution < -0.4 is 4.72 Å². The van der Waals surface area contributed by atoms with Crippen molar-refractivity contribution < 1.29 is 23.4 Å². The Morgan fingerprint density at radius 1 is 1.24 bits per heavy atom. The lowest BCUT2D eigenvalue weighted by Gasteiger charge is -2.23. The van der Waals surface area contributed by atoms with Crippen molar-refractivity contribution in [2.24, 2.45) is 5.41 Å². The summed E-state index contributed by atoms with van der Waals surface area (Å²) in [5.41, 5.74) is -1.98. The molecule has 7 heteroatoms. The Kier molecular flexibility index (Phi) is 5.12. The van der Waals surface area contributed by atoms with Gasteiger partial charge < -0.3 is 10.2 Å². The van der Waals surface area contributed by atoms with Crippen LogP contribution in [0.3, 0.4) is 0 Å². The second kappa shape index (κ2) is 5.32. The van der Waals surface area contributed by atoms with Crippen LogP contribution in [0, 0.1) is 5.41 Å². The first-order valence-electron chi connectivity index (χ1n) is 5.25. The van der Waals surface area contributed by atoms with Crippen LogP contribution in [0.1, 0.15) is 34.1 Å².